The molecule has 1 N–H and O–H groups in total. The Bertz CT molecular complexity index is 554. The normalized spacial score (nSPS) is 10.3. The molecule has 0 aliphatic carbocycles. The van der Waals surface area contributed by atoms with Gasteiger partial charge >= 0.3 is 0 Å². The van der Waals surface area contributed by atoms with E-state index in [2.05, 4.69) is 37.4 Å². The average Bonchev–Trinajstić information content (AvgIpc) is 2.40. The van der Waals surface area contributed by atoms with Crippen molar-refractivity contribution in [1.82, 2.24) is 0 Å². The summed E-state index contributed by atoms with van der Waals surface area (Å²) >= 11 is 6.01. The van der Waals surface area contributed by atoms with Crippen molar-refractivity contribution in [2.24, 2.45) is 0 Å². The van der Waals surface area contributed by atoms with Crippen LogP contribution >= 0.6 is 11.6 Å². The quantitative estimate of drug-likeness (QED) is 0.814. The number of benzene rings is 2. The molecule has 2 rings (SSSR count). The van der Waals surface area contributed by atoms with Gasteiger partial charge in [0, 0.05) is 12.2 Å². The molecule has 0 amide bonds. The SMILES string of the molecule is Cc1ccc(NCCOc2ccccc2Cl)cc1C. The molecule has 3 heteroatoms. The first-order valence-corrected chi connectivity index (χ1v) is 6.73. The van der Waals surface area contributed by atoms with Crippen LogP contribution in [0.5, 0.6) is 5.75 Å². The Kier molecular flexibility index (Phi) is 4.69. The highest BCUT2D eigenvalue weighted by Crippen LogP contribution is 2.22. The highest BCUT2D eigenvalue weighted by atomic mass is 35.5. The Morgan fingerprint density at radius 3 is 2.58 bits per heavy atom. The molecule has 0 unspecified atom stereocenters. The van der Waals surface area contributed by atoms with Crippen molar-refractivity contribution < 1.29 is 4.74 Å². The van der Waals surface area contributed by atoms with E-state index in [4.69, 9.17) is 16.3 Å². The van der Waals surface area contributed by atoms with Crippen LogP contribution in [0.1, 0.15) is 11.1 Å². The van der Waals surface area contributed by atoms with E-state index >= 15 is 0 Å². The second-order valence-corrected chi connectivity index (χ2v) is 4.91. The molecule has 0 bridgehead atoms. The predicted molar refractivity (Wildman–Crippen MR) is 81.4 cm³/mol. The molecule has 2 aromatic carbocycles. The molecule has 0 heterocycles. The molecule has 0 saturated heterocycles. The number of halogens is 1. The monoisotopic (exact) mass is 275 g/mol. The Labute approximate surface area is 119 Å². The molecule has 0 aliphatic rings. The van der Waals surface area contributed by atoms with E-state index in [0.717, 1.165) is 18.0 Å². The van der Waals surface area contributed by atoms with Crippen molar-refractivity contribution in [3.63, 3.8) is 0 Å². The molecule has 0 radical (unpaired) electrons. The maximum atomic E-state index is 6.01. The molecule has 19 heavy (non-hydrogen) atoms. The summed E-state index contributed by atoms with van der Waals surface area (Å²) in [5.41, 5.74) is 3.71. The van der Waals surface area contributed by atoms with E-state index in [1.807, 2.05) is 24.3 Å². The zero-order valence-corrected chi connectivity index (χ0v) is 12.0. The van der Waals surface area contributed by atoms with Crippen LogP contribution in [0.3, 0.4) is 0 Å². The molecular formula is C16H18ClNO. The second kappa shape index (κ2) is 6.48. The van der Waals surface area contributed by atoms with Gasteiger partial charge < -0.3 is 10.1 Å². The van der Waals surface area contributed by atoms with Gasteiger partial charge in [-0.3, -0.25) is 0 Å². The molecule has 0 aromatic heterocycles. The fraction of sp³-hybridized carbons (Fsp3) is 0.250. The van der Waals surface area contributed by atoms with Gasteiger partial charge in [0.25, 0.3) is 0 Å². The van der Waals surface area contributed by atoms with Gasteiger partial charge in [-0.1, -0.05) is 29.8 Å². The first-order valence-electron chi connectivity index (χ1n) is 6.35. The Balaban J connectivity index is 1.81. The van der Waals surface area contributed by atoms with Crippen molar-refractivity contribution in [3.8, 4) is 5.75 Å². The maximum Gasteiger partial charge on any atom is 0.137 e. The van der Waals surface area contributed by atoms with Crippen molar-refractivity contribution in [1.29, 1.82) is 0 Å². The van der Waals surface area contributed by atoms with Crippen LogP contribution in [0.2, 0.25) is 5.02 Å². The summed E-state index contributed by atoms with van der Waals surface area (Å²) in [6.07, 6.45) is 0. The lowest BCUT2D eigenvalue weighted by molar-refractivity contribution is 0.333. The minimum atomic E-state index is 0.580. The van der Waals surface area contributed by atoms with E-state index in [0.29, 0.717) is 11.6 Å². The molecule has 100 valence electrons. The molecule has 0 saturated carbocycles. The third kappa shape index (κ3) is 3.90. The minimum absolute atomic E-state index is 0.580. The number of para-hydroxylation sites is 1. The van der Waals surface area contributed by atoms with Gasteiger partial charge in [-0.25, -0.2) is 0 Å². The number of ether oxygens (including phenoxy) is 1. The number of anilines is 1. The van der Waals surface area contributed by atoms with Crippen molar-refractivity contribution in [3.05, 3.63) is 58.6 Å². The lowest BCUT2D eigenvalue weighted by Crippen LogP contribution is -2.11. The molecular weight excluding hydrogens is 258 g/mol. The van der Waals surface area contributed by atoms with Crippen LogP contribution in [0.4, 0.5) is 5.69 Å². The fourth-order valence-electron chi connectivity index (χ4n) is 1.77. The number of rotatable bonds is 5. The Hall–Kier alpha value is -1.67. The third-order valence-corrected chi connectivity index (χ3v) is 3.34. The van der Waals surface area contributed by atoms with Crippen molar-refractivity contribution in [2.45, 2.75) is 13.8 Å². The van der Waals surface area contributed by atoms with Gasteiger partial charge in [0.15, 0.2) is 0 Å². The molecule has 2 nitrogen and oxygen atoms in total. The molecule has 0 spiro atoms. The van der Waals surface area contributed by atoms with E-state index < -0.39 is 0 Å². The van der Waals surface area contributed by atoms with Gasteiger partial charge in [-0.2, -0.15) is 0 Å². The first-order chi connectivity index (χ1) is 9.16. The summed E-state index contributed by atoms with van der Waals surface area (Å²) in [5, 5.41) is 3.98. The van der Waals surface area contributed by atoms with Gasteiger partial charge in [0.2, 0.25) is 0 Å². The van der Waals surface area contributed by atoms with Gasteiger partial charge in [-0.15, -0.1) is 0 Å². The van der Waals surface area contributed by atoms with Crippen molar-refractivity contribution in [2.75, 3.05) is 18.5 Å². The van der Waals surface area contributed by atoms with Crippen LogP contribution in [0.25, 0.3) is 0 Å². The highest BCUT2D eigenvalue weighted by molar-refractivity contribution is 6.32. The van der Waals surface area contributed by atoms with Crippen LogP contribution in [-0.4, -0.2) is 13.2 Å². The molecule has 0 fully saturated rings. The average molecular weight is 276 g/mol. The molecule has 0 aliphatic heterocycles. The van der Waals surface area contributed by atoms with Crippen LogP contribution in [-0.2, 0) is 0 Å². The summed E-state index contributed by atoms with van der Waals surface area (Å²) in [5.74, 6) is 0.728. The maximum absolute atomic E-state index is 6.01. The summed E-state index contributed by atoms with van der Waals surface area (Å²) in [6.45, 7) is 5.55. The zero-order chi connectivity index (χ0) is 13.7. The van der Waals surface area contributed by atoms with E-state index in [-0.39, 0.29) is 0 Å². The minimum Gasteiger partial charge on any atom is -0.490 e. The summed E-state index contributed by atoms with van der Waals surface area (Å²) in [6, 6.07) is 13.8. The topological polar surface area (TPSA) is 21.3 Å². The zero-order valence-electron chi connectivity index (χ0n) is 11.2. The highest BCUT2D eigenvalue weighted by Gasteiger charge is 1.99. The molecule has 0 atom stereocenters. The standard InChI is InChI=1S/C16H18ClNO/c1-12-7-8-14(11-13(12)2)18-9-10-19-16-6-4-3-5-15(16)17/h3-8,11,18H,9-10H2,1-2H3. The summed E-state index contributed by atoms with van der Waals surface area (Å²) in [4.78, 5) is 0. The predicted octanol–water partition coefficient (Wildman–Crippen LogP) is 4.45. The fourth-order valence-corrected chi connectivity index (χ4v) is 1.96. The number of hydrogen-bond donors (Lipinski definition) is 1. The smallest absolute Gasteiger partial charge is 0.137 e. The third-order valence-electron chi connectivity index (χ3n) is 3.03. The van der Waals surface area contributed by atoms with Gasteiger partial charge in [0.05, 0.1) is 5.02 Å². The second-order valence-electron chi connectivity index (χ2n) is 4.50. The lowest BCUT2D eigenvalue weighted by Gasteiger charge is -2.10. The van der Waals surface area contributed by atoms with E-state index in [1.54, 1.807) is 0 Å². The van der Waals surface area contributed by atoms with Crippen molar-refractivity contribution >= 4 is 17.3 Å². The van der Waals surface area contributed by atoms with E-state index in [1.165, 1.54) is 11.1 Å². The van der Waals surface area contributed by atoms with Crippen LogP contribution < -0.4 is 10.1 Å². The largest absolute Gasteiger partial charge is 0.490 e. The van der Waals surface area contributed by atoms with Gasteiger partial charge in [0.1, 0.15) is 12.4 Å². The van der Waals surface area contributed by atoms with Crippen LogP contribution in [0.15, 0.2) is 42.5 Å². The Morgan fingerprint density at radius 2 is 1.84 bits per heavy atom. The summed E-state index contributed by atoms with van der Waals surface area (Å²) in [7, 11) is 0. The van der Waals surface area contributed by atoms with Gasteiger partial charge in [-0.05, 0) is 49.2 Å². The first kappa shape index (κ1) is 13.8. The molecule has 2 aromatic rings. The van der Waals surface area contributed by atoms with Crippen LogP contribution in [0, 0.1) is 13.8 Å². The number of hydrogen-bond acceptors (Lipinski definition) is 2. The summed E-state index contributed by atoms with van der Waals surface area (Å²) < 4.78 is 5.62. The lowest BCUT2D eigenvalue weighted by atomic mass is 10.1. The number of nitrogens with one attached hydrogen (secondary N) is 1. The number of aryl methyl sites for hydroxylation is 2. The Morgan fingerprint density at radius 1 is 1.05 bits per heavy atom. The van der Waals surface area contributed by atoms with E-state index in [9.17, 15) is 0 Å².